The minimum absolute atomic E-state index is 0.749. The van der Waals surface area contributed by atoms with Gasteiger partial charge in [0.25, 0.3) is 0 Å². The Morgan fingerprint density at radius 3 is 1.55 bits per heavy atom. The number of hydrogen-bond donors (Lipinski definition) is 0. The maximum Gasteiger partial charge on any atom is 0.170 e. The van der Waals surface area contributed by atoms with E-state index >= 15 is 0 Å². The lowest BCUT2D eigenvalue weighted by Crippen LogP contribution is -1.72. The third-order valence-electron chi connectivity index (χ3n) is 1.93. The Hall–Kier alpha value is 0.530. The van der Waals surface area contributed by atoms with Crippen LogP contribution in [0.2, 0.25) is 0 Å². The van der Waals surface area contributed by atoms with E-state index in [0.29, 0.717) is 0 Å². The van der Waals surface area contributed by atoms with Gasteiger partial charge in [-0.05, 0) is 123 Å². The molecule has 0 saturated heterocycles. The molecule has 0 aliphatic carbocycles. The van der Waals surface area contributed by atoms with Crippen molar-refractivity contribution in [2.24, 2.45) is 0 Å². The predicted octanol–water partition coefficient (Wildman–Crippen LogP) is 8.23. The second-order valence-electron chi connectivity index (χ2n) is 3.68. The Labute approximate surface area is 175 Å². The SMILES string of the molecule is Brc1ccc(Br)o1.Brc1cccc(Br)n1.Cc1ccc(Br)s1. The van der Waals surface area contributed by atoms with E-state index in [4.69, 9.17) is 4.42 Å². The Balaban J connectivity index is 0.000000166. The van der Waals surface area contributed by atoms with Crippen molar-refractivity contribution in [2.45, 2.75) is 6.92 Å². The van der Waals surface area contributed by atoms with E-state index in [2.05, 4.69) is 104 Å². The van der Waals surface area contributed by atoms with Crippen LogP contribution in [0.5, 0.6) is 0 Å². The number of thiophene rings is 1. The number of aromatic nitrogens is 1. The maximum absolute atomic E-state index is 4.92. The molecule has 0 unspecified atom stereocenters. The molecule has 0 N–H and O–H groups in total. The van der Waals surface area contributed by atoms with Gasteiger partial charge in [0.1, 0.15) is 9.21 Å². The van der Waals surface area contributed by atoms with Crippen LogP contribution in [0.3, 0.4) is 0 Å². The van der Waals surface area contributed by atoms with E-state index in [1.165, 1.54) is 8.66 Å². The molecule has 3 heterocycles. The van der Waals surface area contributed by atoms with Crippen LogP contribution in [-0.2, 0) is 0 Å². The van der Waals surface area contributed by atoms with Gasteiger partial charge in [0.15, 0.2) is 9.34 Å². The van der Waals surface area contributed by atoms with Gasteiger partial charge < -0.3 is 4.42 Å². The largest absolute Gasteiger partial charge is 0.443 e. The molecule has 0 amide bonds. The van der Waals surface area contributed by atoms with Crippen molar-refractivity contribution in [3.8, 4) is 0 Å². The molecular weight excluding hydrogens is 630 g/mol. The highest BCUT2D eigenvalue weighted by Crippen LogP contribution is 2.20. The number of furan rings is 1. The van der Waals surface area contributed by atoms with Gasteiger partial charge in [-0.2, -0.15) is 0 Å². The third-order valence-corrected chi connectivity index (χ3v) is 5.20. The summed E-state index contributed by atoms with van der Waals surface area (Å²) in [7, 11) is 0. The molecule has 0 aliphatic rings. The molecule has 0 aromatic carbocycles. The number of hydrogen-bond acceptors (Lipinski definition) is 3. The normalized spacial score (nSPS) is 9.36. The van der Waals surface area contributed by atoms with Crippen molar-refractivity contribution in [3.05, 3.63) is 69.7 Å². The molecule has 0 radical (unpaired) electrons. The third kappa shape index (κ3) is 9.62. The fourth-order valence-electron chi connectivity index (χ4n) is 1.08. The Bertz CT molecular complexity index is 609. The van der Waals surface area contributed by atoms with Gasteiger partial charge in [-0.3, -0.25) is 0 Å². The first-order valence-electron chi connectivity index (χ1n) is 5.77. The van der Waals surface area contributed by atoms with E-state index in [1.807, 2.05) is 30.3 Å². The van der Waals surface area contributed by atoms with Gasteiger partial charge in [0, 0.05) is 4.88 Å². The molecular formula is C14H10Br5NOS. The zero-order valence-electron chi connectivity index (χ0n) is 11.2. The van der Waals surface area contributed by atoms with Crippen molar-refractivity contribution >= 4 is 91.0 Å². The second kappa shape index (κ2) is 11.1. The summed E-state index contributed by atoms with van der Waals surface area (Å²) in [5.41, 5.74) is 0. The smallest absolute Gasteiger partial charge is 0.170 e. The predicted molar refractivity (Wildman–Crippen MR) is 111 cm³/mol. The first-order chi connectivity index (χ1) is 10.4. The first-order valence-corrected chi connectivity index (χ1v) is 10.6. The average molecular weight is 640 g/mol. The van der Waals surface area contributed by atoms with Gasteiger partial charge in [-0.15, -0.1) is 11.3 Å². The van der Waals surface area contributed by atoms with Crippen molar-refractivity contribution in [3.63, 3.8) is 0 Å². The molecule has 3 aromatic rings. The molecule has 22 heavy (non-hydrogen) atoms. The Kier molecular flexibility index (Phi) is 10.4. The second-order valence-corrected chi connectivity index (χ2v) is 9.53. The fraction of sp³-hybridized carbons (Fsp3) is 0.0714. The Morgan fingerprint density at radius 2 is 1.36 bits per heavy atom. The number of nitrogens with zero attached hydrogens (tertiary/aromatic N) is 1. The highest BCUT2D eigenvalue weighted by atomic mass is 79.9. The van der Waals surface area contributed by atoms with Gasteiger partial charge in [0.05, 0.1) is 3.79 Å². The summed E-state index contributed by atoms with van der Waals surface area (Å²) in [6.07, 6.45) is 0. The van der Waals surface area contributed by atoms with Crippen LogP contribution >= 0.6 is 91.0 Å². The standard InChI is InChI=1S/C5H3Br2N.C5H5BrS.C4H2Br2O/c6-4-2-1-3-5(7)8-4;1-4-2-3-5(6)7-4;5-3-1-2-4(6)7-3/h1-3H;2-3H,1H3;1-2H. The van der Waals surface area contributed by atoms with Crippen molar-refractivity contribution in [2.75, 3.05) is 0 Å². The van der Waals surface area contributed by atoms with E-state index in [9.17, 15) is 0 Å². The van der Waals surface area contributed by atoms with E-state index in [0.717, 1.165) is 18.5 Å². The molecule has 2 nitrogen and oxygen atoms in total. The van der Waals surface area contributed by atoms with Crippen LogP contribution in [0.1, 0.15) is 4.88 Å². The summed E-state index contributed by atoms with van der Waals surface area (Å²) in [5, 5.41) is 0. The first kappa shape index (κ1) is 20.6. The lowest BCUT2D eigenvalue weighted by molar-refractivity contribution is 0.516. The highest BCUT2D eigenvalue weighted by Gasteiger charge is 1.89. The fourth-order valence-corrected chi connectivity index (χ4v) is 4.31. The van der Waals surface area contributed by atoms with Gasteiger partial charge in [0.2, 0.25) is 0 Å². The summed E-state index contributed by atoms with van der Waals surface area (Å²) < 4.78 is 9.34. The maximum atomic E-state index is 4.92. The van der Waals surface area contributed by atoms with Crippen molar-refractivity contribution in [1.82, 2.24) is 4.98 Å². The molecule has 0 bridgehead atoms. The monoisotopic (exact) mass is 635 g/mol. The van der Waals surface area contributed by atoms with Crippen LogP contribution in [0.4, 0.5) is 0 Å². The van der Waals surface area contributed by atoms with Gasteiger partial charge >= 0.3 is 0 Å². The van der Waals surface area contributed by atoms with Crippen LogP contribution in [0.25, 0.3) is 0 Å². The number of halogens is 5. The molecule has 0 fully saturated rings. The molecule has 0 saturated carbocycles. The van der Waals surface area contributed by atoms with Crippen molar-refractivity contribution in [1.29, 1.82) is 0 Å². The van der Waals surface area contributed by atoms with Crippen LogP contribution in [0.15, 0.2) is 69.2 Å². The Morgan fingerprint density at radius 1 is 0.818 bits per heavy atom. The molecule has 3 rings (SSSR count). The highest BCUT2D eigenvalue weighted by molar-refractivity contribution is 9.11. The molecule has 8 heteroatoms. The number of pyridine rings is 1. The topological polar surface area (TPSA) is 26.0 Å². The molecule has 0 atom stereocenters. The van der Waals surface area contributed by atoms with E-state index < -0.39 is 0 Å². The molecule has 0 aliphatic heterocycles. The van der Waals surface area contributed by atoms with E-state index in [-0.39, 0.29) is 0 Å². The zero-order chi connectivity index (χ0) is 16.5. The number of rotatable bonds is 0. The minimum Gasteiger partial charge on any atom is -0.443 e. The van der Waals surface area contributed by atoms with Gasteiger partial charge in [-0.1, -0.05) is 6.07 Å². The van der Waals surface area contributed by atoms with Crippen molar-refractivity contribution < 1.29 is 4.42 Å². The van der Waals surface area contributed by atoms with Crippen LogP contribution in [0, 0.1) is 6.92 Å². The lowest BCUT2D eigenvalue weighted by Gasteiger charge is -1.86. The van der Waals surface area contributed by atoms with Crippen LogP contribution < -0.4 is 0 Å². The molecule has 3 aromatic heterocycles. The van der Waals surface area contributed by atoms with E-state index in [1.54, 1.807) is 11.3 Å². The summed E-state index contributed by atoms with van der Waals surface area (Å²) in [6, 6.07) is 13.5. The molecule has 0 spiro atoms. The lowest BCUT2D eigenvalue weighted by atomic mass is 10.5. The minimum atomic E-state index is 0.749. The zero-order valence-corrected chi connectivity index (χ0v) is 19.9. The number of aryl methyl sites for hydroxylation is 1. The van der Waals surface area contributed by atoms with Gasteiger partial charge in [-0.25, -0.2) is 4.98 Å². The average Bonchev–Trinajstić information content (AvgIpc) is 2.99. The molecule has 118 valence electrons. The quantitative estimate of drug-likeness (QED) is 0.232. The van der Waals surface area contributed by atoms with Crippen LogP contribution in [-0.4, -0.2) is 4.98 Å². The summed E-state index contributed by atoms with van der Waals surface area (Å²) in [4.78, 5) is 5.36. The summed E-state index contributed by atoms with van der Waals surface area (Å²) >= 11 is 17.8. The summed E-state index contributed by atoms with van der Waals surface area (Å²) in [5.74, 6) is 0. The summed E-state index contributed by atoms with van der Waals surface area (Å²) in [6.45, 7) is 2.09.